The molecule has 4 nitrogen and oxygen atoms in total. The first-order chi connectivity index (χ1) is 15.2. The van der Waals surface area contributed by atoms with Crippen molar-refractivity contribution < 1.29 is 19.8 Å². The van der Waals surface area contributed by atoms with Gasteiger partial charge in [0.2, 0.25) is 0 Å². The number of carbonyl (C=O) groups is 2. The first-order valence-corrected chi connectivity index (χ1v) is 14.2. The summed E-state index contributed by atoms with van der Waals surface area (Å²) in [6.45, 7) is 10.4. The molecule has 0 heterocycles. The number of aliphatic hydroxyl groups is 2. The number of rotatable bonds is 3. The van der Waals surface area contributed by atoms with Crippen LogP contribution in [0.1, 0.15) is 66.7 Å². The molecule has 0 amide bonds. The quantitative estimate of drug-likeness (QED) is 0.513. The Morgan fingerprint density at radius 1 is 1.27 bits per heavy atom. The highest BCUT2D eigenvalue weighted by Crippen LogP contribution is 2.67. The van der Waals surface area contributed by atoms with Crippen molar-refractivity contribution in [2.75, 3.05) is 5.75 Å². The summed E-state index contributed by atoms with van der Waals surface area (Å²) in [6, 6.07) is 0. The summed E-state index contributed by atoms with van der Waals surface area (Å²) in [4.78, 5) is 25.4. The number of thioether (sulfide) groups is 2. The van der Waals surface area contributed by atoms with Crippen LogP contribution < -0.4 is 0 Å². The lowest BCUT2D eigenvalue weighted by atomic mass is 9.46. The topological polar surface area (TPSA) is 74.6 Å². The van der Waals surface area contributed by atoms with E-state index in [0.29, 0.717) is 12.8 Å². The molecule has 182 valence electrons. The van der Waals surface area contributed by atoms with Gasteiger partial charge in [-0.15, -0.1) is 11.8 Å². The molecule has 0 aromatic rings. The van der Waals surface area contributed by atoms with Crippen LogP contribution in [0.4, 0.5) is 0 Å². The van der Waals surface area contributed by atoms with Gasteiger partial charge in [-0.05, 0) is 56.1 Å². The lowest BCUT2D eigenvalue weighted by molar-refractivity contribution is -0.174. The number of ketones is 2. The van der Waals surface area contributed by atoms with Crippen LogP contribution in [0.15, 0.2) is 23.8 Å². The summed E-state index contributed by atoms with van der Waals surface area (Å²) in [5.74, 6) is 0.418. The third kappa shape index (κ3) is 4.24. The van der Waals surface area contributed by atoms with Gasteiger partial charge in [-0.3, -0.25) is 9.59 Å². The number of fused-ring (bicyclic) bond motifs is 5. The van der Waals surface area contributed by atoms with E-state index in [1.807, 2.05) is 13.0 Å². The molecule has 3 saturated carbocycles. The number of hydrogen-bond donors (Lipinski definition) is 2. The van der Waals surface area contributed by atoms with Crippen molar-refractivity contribution in [3.63, 3.8) is 0 Å². The number of carbonyl (C=O) groups excluding carboxylic acids is 2. The van der Waals surface area contributed by atoms with Crippen LogP contribution in [0.3, 0.4) is 0 Å². The van der Waals surface area contributed by atoms with E-state index in [0.717, 1.165) is 28.4 Å². The standard InChI is InChI=1S/C26H36O4S3/c1-23(2,3)33-22(31)32-14-20(29)26(30)11-9-18-17-7-6-15-12-16(27)8-10-24(15,4)21(17)19(28)13-25(18,26)5/h8,10,12,17-19,21,28,30H,6-7,9,11,13-14H2,1-5H3/t17-,18+,19+,21+,24-,25+,26-/m0/s1. The largest absolute Gasteiger partial charge is 0.393 e. The van der Waals surface area contributed by atoms with Crippen molar-refractivity contribution in [2.45, 2.75) is 83.2 Å². The van der Waals surface area contributed by atoms with Crippen LogP contribution >= 0.6 is 35.7 Å². The summed E-state index contributed by atoms with van der Waals surface area (Å²) in [7, 11) is 0. The normalized spacial score (nSPS) is 42.3. The van der Waals surface area contributed by atoms with Crippen molar-refractivity contribution in [2.24, 2.45) is 28.6 Å². The van der Waals surface area contributed by atoms with Crippen molar-refractivity contribution in [3.05, 3.63) is 23.8 Å². The fourth-order valence-corrected chi connectivity index (χ4v) is 10.4. The average Bonchev–Trinajstić information content (AvgIpc) is 2.96. The number of hydrogen-bond acceptors (Lipinski definition) is 7. The van der Waals surface area contributed by atoms with E-state index in [4.69, 9.17) is 12.2 Å². The van der Waals surface area contributed by atoms with Crippen LogP contribution in [0.2, 0.25) is 0 Å². The van der Waals surface area contributed by atoms with Gasteiger partial charge in [0, 0.05) is 21.5 Å². The molecule has 7 heteroatoms. The minimum Gasteiger partial charge on any atom is -0.393 e. The predicted octanol–water partition coefficient (Wildman–Crippen LogP) is 5.12. The predicted molar refractivity (Wildman–Crippen MR) is 140 cm³/mol. The van der Waals surface area contributed by atoms with Crippen LogP contribution in [0.25, 0.3) is 0 Å². The lowest BCUT2D eigenvalue weighted by Gasteiger charge is -2.59. The molecule has 3 fully saturated rings. The van der Waals surface area contributed by atoms with Gasteiger partial charge in [-0.1, -0.05) is 70.2 Å². The van der Waals surface area contributed by atoms with Crippen LogP contribution in [0, 0.1) is 28.6 Å². The van der Waals surface area contributed by atoms with Gasteiger partial charge >= 0.3 is 0 Å². The Balaban J connectivity index is 1.55. The summed E-state index contributed by atoms with van der Waals surface area (Å²) < 4.78 is 0.709. The Labute approximate surface area is 211 Å². The first-order valence-electron chi connectivity index (χ1n) is 11.9. The van der Waals surface area contributed by atoms with E-state index in [-0.39, 0.29) is 45.2 Å². The highest BCUT2D eigenvalue weighted by Gasteiger charge is 2.67. The van der Waals surface area contributed by atoms with E-state index < -0.39 is 17.1 Å². The van der Waals surface area contributed by atoms with Crippen LogP contribution in [-0.4, -0.2) is 47.5 Å². The Bertz CT molecular complexity index is 934. The fourth-order valence-electron chi connectivity index (χ4n) is 7.31. The number of thiocarbonyl (C=S) groups is 1. The molecular formula is C26H36O4S3. The Morgan fingerprint density at radius 3 is 2.64 bits per heavy atom. The van der Waals surface area contributed by atoms with Gasteiger partial charge < -0.3 is 10.2 Å². The summed E-state index contributed by atoms with van der Waals surface area (Å²) in [5.41, 5.74) is -1.32. The fraction of sp³-hybridized carbons (Fsp3) is 0.731. The zero-order valence-electron chi connectivity index (χ0n) is 20.2. The zero-order chi connectivity index (χ0) is 24.4. The molecule has 2 N–H and O–H groups in total. The summed E-state index contributed by atoms with van der Waals surface area (Å²) in [5, 5.41) is 23.3. The third-order valence-electron chi connectivity index (χ3n) is 8.82. The number of allylic oxidation sites excluding steroid dienone is 4. The van der Waals surface area contributed by atoms with Gasteiger partial charge in [-0.2, -0.15) is 0 Å². The highest BCUT2D eigenvalue weighted by atomic mass is 32.2. The molecule has 4 rings (SSSR count). The van der Waals surface area contributed by atoms with Gasteiger partial charge in [0.15, 0.2) is 11.6 Å². The van der Waals surface area contributed by atoms with E-state index in [2.05, 4.69) is 27.7 Å². The van der Waals surface area contributed by atoms with E-state index in [9.17, 15) is 19.8 Å². The summed E-state index contributed by atoms with van der Waals surface area (Å²) in [6.07, 6.45) is 8.08. The molecular weight excluding hydrogens is 472 g/mol. The molecule has 0 aromatic carbocycles. The molecule has 0 radical (unpaired) electrons. The van der Waals surface area contributed by atoms with Gasteiger partial charge in [0.05, 0.1) is 11.9 Å². The molecule has 7 atom stereocenters. The van der Waals surface area contributed by atoms with Gasteiger partial charge in [-0.25, -0.2) is 0 Å². The second-order valence-electron chi connectivity index (χ2n) is 11.8. The molecule has 4 aliphatic carbocycles. The third-order valence-corrected chi connectivity index (χ3v) is 11.4. The van der Waals surface area contributed by atoms with Crippen molar-refractivity contribution in [1.29, 1.82) is 0 Å². The maximum absolute atomic E-state index is 13.4. The van der Waals surface area contributed by atoms with Crippen LogP contribution in [0.5, 0.6) is 0 Å². The maximum Gasteiger partial charge on any atom is 0.178 e. The number of Topliss-reactive ketones (excluding diaryl/α,β-unsaturated/α-hetero) is 1. The molecule has 0 aromatic heterocycles. The Hall–Kier alpha value is -0.470. The molecule has 0 saturated heterocycles. The van der Waals surface area contributed by atoms with Crippen molar-refractivity contribution >= 4 is 50.8 Å². The van der Waals surface area contributed by atoms with Crippen LogP contribution in [-0.2, 0) is 9.59 Å². The molecule has 0 aliphatic heterocycles. The molecule has 0 spiro atoms. The molecule has 0 bridgehead atoms. The van der Waals surface area contributed by atoms with Crippen molar-refractivity contribution in [3.8, 4) is 0 Å². The summed E-state index contributed by atoms with van der Waals surface area (Å²) >= 11 is 8.38. The Kier molecular flexibility index (Phi) is 6.66. The van der Waals surface area contributed by atoms with E-state index in [1.165, 1.54) is 11.8 Å². The monoisotopic (exact) mass is 508 g/mol. The van der Waals surface area contributed by atoms with Gasteiger partial charge in [0.1, 0.15) is 9.13 Å². The maximum atomic E-state index is 13.4. The average molecular weight is 509 g/mol. The lowest BCUT2D eigenvalue weighted by Crippen LogP contribution is -2.61. The second-order valence-corrected chi connectivity index (χ2v) is 15.8. The first kappa shape index (κ1) is 25.6. The minimum atomic E-state index is -1.44. The molecule has 0 unspecified atom stereocenters. The zero-order valence-corrected chi connectivity index (χ0v) is 22.7. The van der Waals surface area contributed by atoms with E-state index >= 15 is 0 Å². The Morgan fingerprint density at radius 2 is 1.97 bits per heavy atom. The highest BCUT2D eigenvalue weighted by molar-refractivity contribution is 8.47. The minimum absolute atomic E-state index is 0.00233. The van der Waals surface area contributed by atoms with E-state index in [1.54, 1.807) is 23.9 Å². The molecule has 33 heavy (non-hydrogen) atoms. The second kappa shape index (κ2) is 8.58. The molecule has 4 aliphatic rings. The SMILES string of the molecule is CC(C)(C)SC(=S)SCC(=O)[C@@]1(O)CC[C@@H]2[C@@H]3CCC4=CC(=O)C=C[C@]4(C)[C@H]3[C@H](O)C[C@]21C. The van der Waals surface area contributed by atoms with Crippen molar-refractivity contribution in [1.82, 2.24) is 0 Å². The smallest absolute Gasteiger partial charge is 0.178 e. The number of aliphatic hydroxyl groups excluding tert-OH is 1. The van der Waals surface area contributed by atoms with Gasteiger partial charge in [0.25, 0.3) is 0 Å².